The Morgan fingerprint density at radius 3 is 0.678 bits per heavy atom. The van der Waals surface area contributed by atoms with Gasteiger partial charge in [-0.05, 0) is 19.3 Å². The third-order valence-electron chi connectivity index (χ3n) is 12.1. The van der Waals surface area contributed by atoms with Gasteiger partial charge in [0, 0.05) is 19.3 Å². The Morgan fingerprint density at radius 2 is 0.458 bits per heavy atom. The maximum absolute atomic E-state index is 12.8. The van der Waals surface area contributed by atoms with Crippen LogP contribution in [0.4, 0.5) is 0 Å². The normalized spacial score (nSPS) is 11.8. The first-order valence-electron chi connectivity index (χ1n) is 26.5. The molecule has 0 aliphatic heterocycles. The van der Waals surface area contributed by atoms with Crippen molar-refractivity contribution in [3.63, 3.8) is 0 Å². The lowest BCUT2D eigenvalue weighted by Crippen LogP contribution is -2.30. The van der Waals surface area contributed by atoms with E-state index in [-0.39, 0.29) is 31.1 Å². The summed E-state index contributed by atoms with van der Waals surface area (Å²) >= 11 is 0. The van der Waals surface area contributed by atoms with Gasteiger partial charge in [-0.15, -0.1) is 0 Å². The lowest BCUT2D eigenvalue weighted by molar-refractivity contribution is -0.167. The molecule has 0 fully saturated rings. The van der Waals surface area contributed by atoms with Crippen molar-refractivity contribution in [3.8, 4) is 0 Å². The highest BCUT2D eigenvalue weighted by Gasteiger charge is 2.19. The molecule has 0 amide bonds. The van der Waals surface area contributed by atoms with Gasteiger partial charge in [0.2, 0.25) is 0 Å². The van der Waals surface area contributed by atoms with E-state index in [4.69, 9.17) is 14.2 Å². The molecule has 0 rings (SSSR count). The van der Waals surface area contributed by atoms with Gasteiger partial charge in [0.05, 0.1) is 0 Å². The molecule has 1 atom stereocenters. The second-order valence-corrected chi connectivity index (χ2v) is 18.2. The zero-order chi connectivity index (χ0) is 43.0. The number of hydrogen-bond donors (Lipinski definition) is 0. The van der Waals surface area contributed by atoms with Gasteiger partial charge in [0.15, 0.2) is 6.10 Å². The minimum absolute atomic E-state index is 0.0616. The maximum Gasteiger partial charge on any atom is 0.306 e. The number of hydrogen-bond acceptors (Lipinski definition) is 6. The number of carbonyl (C=O) groups excluding carboxylic acids is 3. The summed E-state index contributed by atoms with van der Waals surface area (Å²) in [6.07, 6.45) is 52.3. The van der Waals surface area contributed by atoms with Gasteiger partial charge in [0.25, 0.3) is 0 Å². The first kappa shape index (κ1) is 57.4. The Kier molecular flexibility index (Phi) is 47.7. The molecular weight excluding hydrogens is 733 g/mol. The minimum atomic E-state index is -0.759. The summed E-state index contributed by atoms with van der Waals surface area (Å²) in [4.78, 5) is 37.9. The molecule has 0 aromatic heterocycles. The zero-order valence-electron chi connectivity index (χ0n) is 40.1. The second-order valence-electron chi connectivity index (χ2n) is 18.2. The van der Waals surface area contributed by atoms with Crippen LogP contribution < -0.4 is 0 Å². The third-order valence-corrected chi connectivity index (χ3v) is 12.1. The summed E-state index contributed by atoms with van der Waals surface area (Å²) in [6, 6.07) is 0. The predicted octanol–water partition coefficient (Wildman–Crippen LogP) is 17.2. The molecule has 1 unspecified atom stereocenters. The third kappa shape index (κ3) is 47.3. The molecule has 59 heavy (non-hydrogen) atoms. The average Bonchev–Trinajstić information content (AvgIpc) is 3.23. The van der Waals surface area contributed by atoms with Gasteiger partial charge in [-0.25, -0.2) is 0 Å². The van der Waals surface area contributed by atoms with Gasteiger partial charge >= 0.3 is 17.9 Å². The minimum Gasteiger partial charge on any atom is -0.462 e. The number of unbranched alkanes of at least 4 members (excludes halogenated alkanes) is 38. The van der Waals surface area contributed by atoms with Crippen LogP contribution in [0.1, 0.15) is 303 Å². The van der Waals surface area contributed by atoms with E-state index in [1.54, 1.807) is 0 Å². The van der Waals surface area contributed by atoms with Crippen molar-refractivity contribution in [2.24, 2.45) is 0 Å². The van der Waals surface area contributed by atoms with E-state index in [1.807, 2.05) is 0 Å². The van der Waals surface area contributed by atoms with Gasteiger partial charge < -0.3 is 14.2 Å². The molecule has 0 aliphatic carbocycles. The van der Waals surface area contributed by atoms with E-state index in [2.05, 4.69) is 20.8 Å². The Hall–Kier alpha value is -1.59. The predicted molar refractivity (Wildman–Crippen MR) is 252 cm³/mol. The lowest BCUT2D eigenvalue weighted by atomic mass is 10.0. The van der Waals surface area contributed by atoms with Gasteiger partial charge in [-0.1, -0.05) is 265 Å². The van der Waals surface area contributed by atoms with Crippen molar-refractivity contribution in [1.82, 2.24) is 0 Å². The van der Waals surface area contributed by atoms with Crippen LogP contribution in [0.15, 0.2) is 0 Å². The molecule has 0 aromatic carbocycles. The Labute approximate surface area is 368 Å². The molecule has 6 nitrogen and oxygen atoms in total. The van der Waals surface area contributed by atoms with Gasteiger partial charge in [-0.2, -0.15) is 0 Å². The number of esters is 3. The quantitative estimate of drug-likeness (QED) is 0.0345. The van der Waals surface area contributed by atoms with Crippen LogP contribution in [-0.4, -0.2) is 37.2 Å². The lowest BCUT2D eigenvalue weighted by Gasteiger charge is -2.18. The molecule has 0 saturated heterocycles. The second kappa shape index (κ2) is 49.1. The van der Waals surface area contributed by atoms with Crippen LogP contribution >= 0.6 is 0 Å². The largest absolute Gasteiger partial charge is 0.462 e. The SMILES string of the molecule is CCCCCCCCCCCCCCCCCCCC(=O)OCC(COC(=O)CCCCCCCCCCCCCC)OC(=O)CCCCCCCCCCCCCC. The molecule has 6 heteroatoms. The average molecular weight is 835 g/mol. The fourth-order valence-electron chi connectivity index (χ4n) is 8.09. The van der Waals surface area contributed by atoms with Gasteiger partial charge in [-0.3, -0.25) is 14.4 Å². The van der Waals surface area contributed by atoms with Crippen LogP contribution in [0, 0.1) is 0 Å². The van der Waals surface area contributed by atoms with Crippen molar-refractivity contribution in [3.05, 3.63) is 0 Å². The molecular formula is C53H102O6. The number of ether oxygens (including phenoxy) is 3. The Morgan fingerprint density at radius 1 is 0.271 bits per heavy atom. The molecule has 0 spiro atoms. The van der Waals surface area contributed by atoms with Crippen molar-refractivity contribution >= 4 is 17.9 Å². The first-order chi connectivity index (χ1) is 29.0. The van der Waals surface area contributed by atoms with Crippen LogP contribution in [-0.2, 0) is 28.6 Å². The molecule has 0 aliphatic rings. The summed E-state index contributed by atoms with van der Waals surface area (Å²) in [5.74, 6) is -0.840. The summed E-state index contributed by atoms with van der Waals surface area (Å²) in [5.41, 5.74) is 0. The van der Waals surface area contributed by atoms with E-state index in [9.17, 15) is 14.4 Å². The van der Waals surface area contributed by atoms with Crippen molar-refractivity contribution < 1.29 is 28.6 Å². The molecule has 0 radical (unpaired) electrons. The van der Waals surface area contributed by atoms with E-state index in [1.165, 1.54) is 205 Å². The molecule has 0 heterocycles. The monoisotopic (exact) mass is 835 g/mol. The van der Waals surface area contributed by atoms with E-state index in [0.29, 0.717) is 19.3 Å². The van der Waals surface area contributed by atoms with E-state index < -0.39 is 6.10 Å². The van der Waals surface area contributed by atoms with Crippen LogP contribution in [0.2, 0.25) is 0 Å². The van der Waals surface area contributed by atoms with Crippen LogP contribution in [0.25, 0.3) is 0 Å². The van der Waals surface area contributed by atoms with Crippen LogP contribution in [0.5, 0.6) is 0 Å². The summed E-state index contributed by atoms with van der Waals surface area (Å²) in [7, 11) is 0. The summed E-state index contributed by atoms with van der Waals surface area (Å²) in [6.45, 7) is 6.68. The topological polar surface area (TPSA) is 78.9 Å². The number of carbonyl (C=O) groups is 3. The van der Waals surface area contributed by atoms with Gasteiger partial charge in [0.1, 0.15) is 13.2 Å². The molecule has 0 aromatic rings. The maximum atomic E-state index is 12.8. The molecule has 0 bridgehead atoms. The molecule has 0 N–H and O–H groups in total. The highest BCUT2D eigenvalue weighted by atomic mass is 16.6. The fraction of sp³-hybridized carbons (Fsp3) is 0.943. The van der Waals surface area contributed by atoms with E-state index >= 15 is 0 Å². The van der Waals surface area contributed by atoms with E-state index in [0.717, 1.165) is 57.8 Å². The number of rotatable bonds is 49. The van der Waals surface area contributed by atoms with Crippen LogP contribution in [0.3, 0.4) is 0 Å². The Balaban J connectivity index is 4.27. The van der Waals surface area contributed by atoms with Crippen molar-refractivity contribution in [2.45, 2.75) is 309 Å². The van der Waals surface area contributed by atoms with Crippen molar-refractivity contribution in [1.29, 1.82) is 0 Å². The highest BCUT2D eigenvalue weighted by molar-refractivity contribution is 5.71. The first-order valence-corrected chi connectivity index (χ1v) is 26.5. The fourth-order valence-corrected chi connectivity index (χ4v) is 8.09. The summed E-state index contributed by atoms with van der Waals surface area (Å²) < 4.78 is 16.8. The standard InChI is InChI=1S/C53H102O6/c1-4-7-10-13-16-19-22-25-26-27-28-29-32-34-37-40-43-46-52(55)58-49-50(59-53(56)47-44-41-38-35-31-24-21-18-15-12-9-6-3)48-57-51(54)45-42-39-36-33-30-23-20-17-14-11-8-5-2/h50H,4-49H2,1-3H3. The molecule has 0 saturated carbocycles. The highest BCUT2D eigenvalue weighted by Crippen LogP contribution is 2.17. The molecule has 350 valence electrons. The zero-order valence-corrected chi connectivity index (χ0v) is 40.1. The Bertz CT molecular complexity index is 874. The van der Waals surface area contributed by atoms with Crippen molar-refractivity contribution in [2.75, 3.05) is 13.2 Å². The smallest absolute Gasteiger partial charge is 0.306 e. The summed E-state index contributed by atoms with van der Waals surface area (Å²) in [5, 5.41) is 0.